The number of rotatable bonds is 5. The fourth-order valence-electron chi connectivity index (χ4n) is 4.08. The number of aromatic nitrogens is 3. The van der Waals surface area contributed by atoms with Gasteiger partial charge in [0.05, 0.1) is 18.2 Å². The Kier molecular flexibility index (Phi) is 4.80. The summed E-state index contributed by atoms with van der Waals surface area (Å²) in [7, 11) is 0. The van der Waals surface area contributed by atoms with E-state index in [1.54, 1.807) is 6.20 Å². The molecule has 0 bridgehead atoms. The van der Waals surface area contributed by atoms with Crippen molar-refractivity contribution < 1.29 is 10.2 Å². The van der Waals surface area contributed by atoms with Crippen molar-refractivity contribution >= 4 is 10.9 Å². The van der Waals surface area contributed by atoms with Gasteiger partial charge in [0.1, 0.15) is 5.82 Å². The molecule has 1 aliphatic heterocycles. The van der Waals surface area contributed by atoms with Gasteiger partial charge < -0.3 is 24.7 Å². The fraction of sp³-hybridized carbons (Fsp3) is 0.476. The molecule has 0 radical (unpaired) electrons. The van der Waals surface area contributed by atoms with E-state index >= 15 is 0 Å². The predicted molar refractivity (Wildman–Crippen MR) is 106 cm³/mol. The molecule has 6 nitrogen and oxygen atoms in total. The zero-order chi connectivity index (χ0) is 19.0. The SMILES string of the molecule is Cc1ccc2c([C@H](O)CN3CCC(O)(Cn4ccnc4C)CC3)c[nH]c2c1. The van der Waals surface area contributed by atoms with Crippen LogP contribution in [-0.2, 0) is 6.54 Å². The second-order valence-electron chi connectivity index (χ2n) is 7.94. The smallest absolute Gasteiger partial charge is 0.105 e. The topological polar surface area (TPSA) is 77.3 Å². The summed E-state index contributed by atoms with van der Waals surface area (Å²) in [6, 6.07) is 6.25. The lowest BCUT2D eigenvalue weighted by Crippen LogP contribution is -2.47. The number of imidazole rings is 1. The van der Waals surface area contributed by atoms with Crippen LogP contribution in [0.4, 0.5) is 0 Å². The first-order chi connectivity index (χ1) is 12.9. The van der Waals surface area contributed by atoms with Crippen molar-refractivity contribution in [1.82, 2.24) is 19.4 Å². The van der Waals surface area contributed by atoms with Crippen LogP contribution in [0.1, 0.15) is 35.9 Å². The van der Waals surface area contributed by atoms with E-state index in [0.717, 1.165) is 35.4 Å². The lowest BCUT2D eigenvalue weighted by atomic mass is 9.91. The minimum absolute atomic E-state index is 0.538. The summed E-state index contributed by atoms with van der Waals surface area (Å²) >= 11 is 0. The number of aliphatic hydroxyl groups excluding tert-OH is 1. The maximum absolute atomic E-state index is 10.9. The van der Waals surface area contributed by atoms with Crippen molar-refractivity contribution in [3.63, 3.8) is 0 Å². The number of fused-ring (bicyclic) bond motifs is 1. The lowest BCUT2D eigenvalue weighted by Gasteiger charge is -2.39. The predicted octanol–water partition coefficient (Wildman–Crippen LogP) is 2.54. The van der Waals surface area contributed by atoms with E-state index in [2.05, 4.69) is 40.0 Å². The Morgan fingerprint density at radius 1 is 1.26 bits per heavy atom. The summed E-state index contributed by atoms with van der Waals surface area (Å²) in [4.78, 5) is 9.74. The molecule has 6 heteroatoms. The van der Waals surface area contributed by atoms with E-state index in [1.165, 1.54) is 5.56 Å². The molecule has 0 saturated carbocycles. The number of H-pyrrole nitrogens is 1. The number of likely N-dealkylation sites (tertiary alicyclic amines) is 1. The first-order valence-corrected chi connectivity index (χ1v) is 9.62. The van der Waals surface area contributed by atoms with E-state index in [9.17, 15) is 10.2 Å². The minimum Gasteiger partial charge on any atom is -0.388 e. The van der Waals surface area contributed by atoms with Gasteiger partial charge >= 0.3 is 0 Å². The zero-order valence-electron chi connectivity index (χ0n) is 16.0. The van der Waals surface area contributed by atoms with Crippen molar-refractivity contribution in [2.24, 2.45) is 0 Å². The molecular weight excluding hydrogens is 340 g/mol. The molecule has 2 aromatic heterocycles. The first-order valence-electron chi connectivity index (χ1n) is 9.62. The van der Waals surface area contributed by atoms with Crippen LogP contribution in [0.3, 0.4) is 0 Å². The highest BCUT2D eigenvalue weighted by atomic mass is 16.3. The van der Waals surface area contributed by atoms with Crippen molar-refractivity contribution in [3.05, 3.63) is 53.7 Å². The van der Waals surface area contributed by atoms with Crippen LogP contribution in [0.5, 0.6) is 0 Å². The van der Waals surface area contributed by atoms with Crippen molar-refractivity contribution in [2.75, 3.05) is 19.6 Å². The molecular formula is C21H28N4O2. The standard InChI is InChI=1S/C21H28N4O2/c1-15-3-4-17-18(12-23-19(17)11-15)20(26)13-24-8-5-21(27,6-9-24)14-25-10-7-22-16(25)2/h3-4,7,10-12,20,23,26-27H,5-6,8-9,13-14H2,1-2H3/t20-/m1/s1. The second kappa shape index (κ2) is 7.11. The third-order valence-corrected chi connectivity index (χ3v) is 5.83. The molecule has 0 spiro atoms. The minimum atomic E-state index is -0.703. The maximum atomic E-state index is 10.9. The molecule has 144 valence electrons. The van der Waals surface area contributed by atoms with E-state index in [1.807, 2.05) is 23.9 Å². The molecule has 1 aromatic carbocycles. The number of hydrogen-bond acceptors (Lipinski definition) is 4. The number of nitrogens with one attached hydrogen (secondary N) is 1. The Labute approximate surface area is 159 Å². The van der Waals surface area contributed by atoms with Crippen molar-refractivity contribution in [1.29, 1.82) is 0 Å². The summed E-state index contributed by atoms with van der Waals surface area (Å²) < 4.78 is 2.01. The number of piperidine rings is 1. The molecule has 3 aromatic rings. The molecule has 1 fully saturated rings. The highest BCUT2D eigenvalue weighted by Gasteiger charge is 2.33. The summed E-state index contributed by atoms with van der Waals surface area (Å²) in [5.74, 6) is 0.927. The van der Waals surface area contributed by atoms with Crippen molar-refractivity contribution in [3.8, 4) is 0 Å². The normalized spacial score (nSPS) is 18.8. The average molecular weight is 368 g/mol. The third-order valence-electron chi connectivity index (χ3n) is 5.83. The molecule has 3 heterocycles. The number of nitrogens with zero attached hydrogens (tertiary/aromatic N) is 3. The van der Waals surface area contributed by atoms with Gasteiger partial charge in [0, 0.05) is 54.7 Å². The van der Waals surface area contributed by atoms with Crippen molar-refractivity contribution in [2.45, 2.75) is 44.9 Å². The monoisotopic (exact) mass is 368 g/mol. The lowest BCUT2D eigenvalue weighted by molar-refractivity contribution is -0.0417. The van der Waals surface area contributed by atoms with Gasteiger partial charge in [-0.15, -0.1) is 0 Å². The van der Waals surface area contributed by atoms with Crippen LogP contribution >= 0.6 is 0 Å². The number of hydrogen-bond donors (Lipinski definition) is 3. The van der Waals surface area contributed by atoms with Crippen LogP contribution in [0, 0.1) is 13.8 Å². The number of benzene rings is 1. The third kappa shape index (κ3) is 3.78. The molecule has 1 atom stereocenters. The van der Waals surface area contributed by atoms with Gasteiger partial charge in [0.15, 0.2) is 0 Å². The Bertz CT molecular complexity index is 921. The van der Waals surface area contributed by atoms with E-state index < -0.39 is 11.7 Å². The van der Waals surface area contributed by atoms with Gasteiger partial charge in [-0.3, -0.25) is 0 Å². The van der Waals surface area contributed by atoms with Crippen LogP contribution < -0.4 is 0 Å². The van der Waals surface area contributed by atoms with Gasteiger partial charge in [-0.2, -0.15) is 0 Å². The summed E-state index contributed by atoms with van der Waals surface area (Å²) in [5.41, 5.74) is 2.51. The molecule has 3 N–H and O–H groups in total. The summed E-state index contributed by atoms with van der Waals surface area (Å²) in [5, 5.41) is 22.8. The maximum Gasteiger partial charge on any atom is 0.105 e. The molecule has 0 unspecified atom stereocenters. The first kappa shape index (κ1) is 18.2. The van der Waals surface area contributed by atoms with Crippen LogP contribution in [-0.4, -0.2) is 54.9 Å². The molecule has 0 amide bonds. The molecule has 1 saturated heterocycles. The summed E-state index contributed by atoms with van der Waals surface area (Å²) in [6.45, 7) is 6.75. The Hall–Kier alpha value is -2.15. The van der Waals surface area contributed by atoms with Gasteiger partial charge in [-0.05, 0) is 38.3 Å². The Morgan fingerprint density at radius 2 is 2.04 bits per heavy atom. The Morgan fingerprint density at radius 3 is 2.74 bits per heavy atom. The second-order valence-corrected chi connectivity index (χ2v) is 7.94. The fourth-order valence-corrected chi connectivity index (χ4v) is 4.08. The number of aliphatic hydroxyl groups is 2. The highest BCUT2D eigenvalue weighted by Crippen LogP contribution is 2.29. The largest absolute Gasteiger partial charge is 0.388 e. The molecule has 4 rings (SSSR count). The van der Waals surface area contributed by atoms with E-state index in [4.69, 9.17) is 0 Å². The number of aromatic amines is 1. The van der Waals surface area contributed by atoms with E-state index in [0.29, 0.717) is 25.9 Å². The van der Waals surface area contributed by atoms with Crippen LogP contribution in [0.15, 0.2) is 36.8 Å². The summed E-state index contributed by atoms with van der Waals surface area (Å²) in [6.07, 6.45) is 6.46. The van der Waals surface area contributed by atoms with Crippen LogP contribution in [0.2, 0.25) is 0 Å². The quantitative estimate of drug-likeness (QED) is 0.647. The van der Waals surface area contributed by atoms with Gasteiger partial charge in [-0.25, -0.2) is 4.98 Å². The van der Waals surface area contributed by atoms with E-state index in [-0.39, 0.29) is 0 Å². The van der Waals surface area contributed by atoms with Gasteiger partial charge in [-0.1, -0.05) is 12.1 Å². The number of β-amino-alcohol motifs (C(OH)–C–C–N with tert-alkyl or cyclic N) is 1. The zero-order valence-corrected chi connectivity index (χ0v) is 16.0. The molecule has 27 heavy (non-hydrogen) atoms. The van der Waals surface area contributed by atoms with Crippen LogP contribution in [0.25, 0.3) is 10.9 Å². The average Bonchev–Trinajstić information content (AvgIpc) is 3.23. The van der Waals surface area contributed by atoms with Gasteiger partial charge in [0.25, 0.3) is 0 Å². The van der Waals surface area contributed by atoms with Gasteiger partial charge in [0.2, 0.25) is 0 Å². The number of aryl methyl sites for hydroxylation is 2. The molecule has 0 aliphatic carbocycles. The highest BCUT2D eigenvalue weighted by molar-refractivity contribution is 5.84. The molecule has 1 aliphatic rings. The Balaban J connectivity index is 1.37.